The van der Waals surface area contributed by atoms with Crippen molar-refractivity contribution in [1.29, 1.82) is 0 Å². The molecular weight excluding hydrogens is 753 g/mol. The summed E-state index contributed by atoms with van der Waals surface area (Å²) >= 11 is 0. The number of carbonyl (C=O) groups excluding carboxylic acids is 2. The van der Waals surface area contributed by atoms with Gasteiger partial charge in [-0.05, 0) is 81.8 Å². The number of aliphatic hydroxyl groups is 1. The van der Waals surface area contributed by atoms with Gasteiger partial charge in [0.15, 0.2) is 0 Å². The average molecular weight is 811 g/mol. The maximum Gasteiger partial charge on any atom is 0.318 e. The van der Waals surface area contributed by atoms with E-state index in [1.807, 2.05) is 24.5 Å². The van der Waals surface area contributed by atoms with Gasteiger partial charge in [0.05, 0.1) is 18.6 Å². The molecule has 3 atom stereocenters. The van der Waals surface area contributed by atoms with Gasteiger partial charge in [-0.25, -0.2) is 14.8 Å². The Morgan fingerprint density at radius 1 is 1.05 bits per heavy atom. The van der Waals surface area contributed by atoms with Gasteiger partial charge in [0, 0.05) is 96.5 Å². The van der Waals surface area contributed by atoms with Gasteiger partial charge in [-0.1, -0.05) is 26.0 Å². The van der Waals surface area contributed by atoms with Crippen LogP contribution in [0.5, 0.6) is 5.75 Å². The molecule has 4 fully saturated rings. The number of piperidine rings is 1. The van der Waals surface area contributed by atoms with E-state index in [0.717, 1.165) is 74.1 Å². The Bertz CT molecular complexity index is 2100. The number of nitrogens with two attached hydrogens (primary N) is 2. The van der Waals surface area contributed by atoms with Crippen LogP contribution in [0.4, 0.5) is 16.6 Å². The first-order valence-corrected chi connectivity index (χ1v) is 20.9. The second kappa shape index (κ2) is 15.7. The van der Waals surface area contributed by atoms with Crippen molar-refractivity contribution in [2.45, 2.75) is 95.9 Å². The fourth-order valence-corrected chi connectivity index (χ4v) is 10.3. The minimum Gasteiger partial charge on any atom is -0.507 e. The maximum atomic E-state index is 13.5. The first-order valence-electron chi connectivity index (χ1n) is 20.9. The lowest BCUT2D eigenvalue weighted by Gasteiger charge is -2.61. The SMILES string of the molecule is CC1c2c([nH]c(N)c2/C=C(\N)c2ccccc2O)CCN1c1ncc(C2CCN(C3CC4(C3)CN(C(=O)NC(C(=O)N3CCC(O)C3)C(C)(C)CC(=O)O)C4)CC2)cn1. The summed E-state index contributed by atoms with van der Waals surface area (Å²) in [6, 6.07) is 6.06. The Morgan fingerprint density at radius 3 is 2.39 bits per heavy atom. The van der Waals surface area contributed by atoms with Crippen molar-refractivity contribution in [2.75, 3.05) is 56.4 Å². The number of aromatic nitrogens is 3. The van der Waals surface area contributed by atoms with Crippen LogP contribution in [0, 0.1) is 10.8 Å². The number of nitrogens with one attached hydrogen (secondary N) is 2. The zero-order chi connectivity index (χ0) is 41.8. The van der Waals surface area contributed by atoms with Gasteiger partial charge in [0.25, 0.3) is 0 Å². The number of benzene rings is 1. The molecule has 1 aliphatic carbocycles. The molecule has 3 saturated heterocycles. The molecule has 16 heteroatoms. The summed E-state index contributed by atoms with van der Waals surface area (Å²) in [6.45, 7) is 10.0. The summed E-state index contributed by atoms with van der Waals surface area (Å²) in [4.78, 5) is 59.7. The van der Waals surface area contributed by atoms with Gasteiger partial charge in [-0.2, -0.15) is 0 Å². The van der Waals surface area contributed by atoms with Crippen LogP contribution in [-0.2, 0) is 16.0 Å². The molecule has 316 valence electrons. The molecule has 4 aliphatic heterocycles. The number of hydrogen-bond donors (Lipinski definition) is 7. The number of phenolic OH excluding ortho intramolecular Hbond substituents is 1. The predicted octanol–water partition coefficient (Wildman–Crippen LogP) is 3.49. The Morgan fingerprint density at radius 2 is 1.75 bits per heavy atom. The van der Waals surface area contributed by atoms with Crippen molar-refractivity contribution < 1.29 is 29.7 Å². The van der Waals surface area contributed by atoms with Crippen molar-refractivity contribution in [2.24, 2.45) is 16.6 Å². The van der Waals surface area contributed by atoms with E-state index in [2.05, 4.69) is 27.0 Å². The minimum atomic E-state index is -1.04. The molecule has 5 aliphatic rings. The van der Waals surface area contributed by atoms with Gasteiger partial charge < -0.3 is 56.7 Å². The molecule has 0 bridgehead atoms. The first kappa shape index (κ1) is 40.4. The number of fused-ring (bicyclic) bond motifs is 1. The number of likely N-dealkylation sites (tertiary alicyclic amines) is 3. The van der Waals surface area contributed by atoms with Crippen LogP contribution in [-0.4, -0.2) is 127 Å². The molecule has 0 radical (unpaired) electrons. The third-order valence-corrected chi connectivity index (χ3v) is 13.7. The second-order valence-electron chi connectivity index (χ2n) is 18.3. The van der Waals surface area contributed by atoms with E-state index in [1.54, 1.807) is 36.9 Å². The molecule has 9 N–H and O–H groups in total. The molecule has 2 aromatic heterocycles. The highest BCUT2D eigenvalue weighted by Gasteiger charge is 2.56. The van der Waals surface area contributed by atoms with Crippen molar-refractivity contribution in [3.8, 4) is 5.75 Å². The number of anilines is 2. The lowest BCUT2D eigenvalue weighted by atomic mass is 9.60. The summed E-state index contributed by atoms with van der Waals surface area (Å²) in [5.41, 5.74) is 17.1. The Balaban J connectivity index is 0.823. The smallest absolute Gasteiger partial charge is 0.318 e. The van der Waals surface area contributed by atoms with Crippen LogP contribution < -0.4 is 21.7 Å². The summed E-state index contributed by atoms with van der Waals surface area (Å²) < 4.78 is 0. The number of carboxylic acid groups (broad SMARTS) is 1. The van der Waals surface area contributed by atoms with E-state index in [4.69, 9.17) is 21.4 Å². The number of hydrogen-bond acceptors (Lipinski definition) is 11. The number of para-hydroxylation sites is 1. The molecule has 1 spiro atoms. The highest BCUT2D eigenvalue weighted by Crippen LogP contribution is 2.51. The fraction of sp³-hybridized carbons (Fsp3) is 0.558. The zero-order valence-corrected chi connectivity index (χ0v) is 34.2. The average Bonchev–Trinajstić information content (AvgIpc) is 3.74. The van der Waals surface area contributed by atoms with E-state index >= 15 is 0 Å². The molecule has 3 unspecified atom stereocenters. The monoisotopic (exact) mass is 810 g/mol. The number of nitrogens with zero attached hydrogens (tertiary/aromatic N) is 6. The van der Waals surface area contributed by atoms with Gasteiger partial charge in [0.1, 0.15) is 17.6 Å². The lowest BCUT2D eigenvalue weighted by molar-refractivity contribution is -0.142. The second-order valence-corrected chi connectivity index (χ2v) is 18.3. The summed E-state index contributed by atoms with van der Waals surface area (Å²) in [6.07, 6.45) is 10.2. The molecular formula is C43H58N10O6. The Hall–Kier alpha value is -5.35. The largest absolute Gasteiger partial charge is 0.507 e. The molecule has 6 heterocycles. The van der Waals surface area contributed by atoms with Crippen molar-refractivity contribution in [3.63, 3.8) is 0 Å². The number of nitrogen functional groups attached to an aromatic ring is 1. The number of carbonyl (C=O) groups is 3. The number of aliphatic carboxylic acids is 1. The Labute approximate surface area is 344 Å². The molecule has 59 heavy (non-hydrogen) atoms. The van der Waals surface area contributed by atoms with Crippen molar-refractivity contribution >= 4 is 41.4 Å². The molecule has 1 saturated carbocycles. The van der Waals surface area contributed by atoms with Gasteiger partial charge in [0.2, 0.25) is 11.9 Å². The Kier molecular flexibility index (Phi) is 10.7. The molecule has 3 amide bonds. The highest BCUT2D eigenvalue weighted by molar-refractivity contribution is 5.89. The number of H-pyrrole nitrogens is 1. The van der Waals surface area contributed by atoms with E-state index in [-0.39, 0.29) is 42.1 Å². The predicted molar refractivity (Wildman–Crippen MR) is 223 cm³/mol. The maximum absolute atomic E-state index is 13.5. The van der Waals surface area contributed by atoms with Crippen LogP contribution in [0.25, 0.3) is 11.8 Å². The molecule has 16 nitrogen and oxygen atoms in total. The lowest BCUT2D eigenvalue weighted by Crippen LogP contribution is -2.70. The summed E-state index contributed by atoms with van der Waals surface area (Å²) in [5, 5.41) is 32.8. The number of aliphatic hydroxyl groups excluding tert-OH is 1. The van der Waals surface area contributed by atoms with Crippen LogP contribution in [0.2, 0.25) is 0 Å². The van der Waals surface area contributed by atoms with Crippen molar-refractivity contribution in [3.05, 3.63) is 64.6 Å². The number of carboxylic acids is 1. The van der Waals surface area contributed by atoms with Crippen LogP contribution in [0.1, 0.15) is 99.2 Å². The number of phenols is 1. The minimum absolute atomic E-state index is 0.0552. The van der Waals surface area contributed by atoms with E-state index in [0.29, 0.717) is 61.0 Å². The quantitative estimate of drug-likeness (QED) is 0.156. The normalized spacial score (nSPS) is 23.1. The first-order chi connectivity index (χ1) is 28.1. The number of aromatic hydroxyl groups is 1. The molecule has 3 aromatic rings. The third-order valence-electron chi connectivity index (χ3n) is 13.7. The number of aromatic amines is 1. The molecule has 8 rings (SSSR count). The van der Waals surface area contributed by atoms with Crippen molar-refractivity contribution in [1.82, 2.24) is 35.0 Å². The molecule has 1 aromatic carbocycles. The van der Waals surface area contributed by atoms with Crippen LogP contribution in [0.3, 0.4) is 0 Å². The number of amides is 3. The third kappa shape index (κ3) is 7.91. The van der Waals surface area contributed by atoms with E-state index < -0.39 is 23.5 Å². The topological polar surface area (TPSA) is 230 Å². The van der Waals surface area contributed by atoms with Crippen LogP contribution in [0.15, 0.2) is 36.7 Å². The number of β-amino-alcohol motifs (C(OH)–C–C–N with tert-alkyl or cyclic N) is 1. The van der Waals surface area contributed by atoms with Gasteiger partial charge in [-0.15, -0.1) is 0 Å². The summed E-state index contributed by atoms with van der Waals surface area (Å²) in [7, 11) is 0. The summed E-state index contributed by atoms with van der Waals surface area (Å²) in [5.74, 6) is 0.327. The van der Waals surface area contributed by atoms with E-state index in [9.17, 15) is 29.7 Å². The number of rotatable bonds is 10. The van der Waals surface area contributed by atoms with Crippen LogP contribution >= 0.6 is 0 Å². The van der Waals surface area contributed by atoms with Gasteiger partial charge >= 0.3 is 12.0 Å². The number of urea groups is 1. The van der Waals surface area contributed by atoms with E-state index in [1.165, 1.54) is 4.90 Å². The fourth-order valence-electron chi connectivity index (χ4n) is 10.3. The highest BCUT2D eigenvalue weighted by atomic mass is 16.4. The van der Waals surface area contributed by atoms with Gasteiger partial charge in [-0.3, -0.25) is 9.59 Å². The standard InChI is InChI=1S/C43H58N10O6/c1-25-36-31(16-32(44)30-6-4-5-7-34(30)55)38(45)48-33(36)11-15-53(25)40-46-20-27(21-47-40)26-8-12-50(13-9-26)28-17-43(18-28)23-52(24-43)41(59)49-37(42(2,3)19-35(56)57)39(58)51-14-10-29(54)22-51/h4-7,16,20-21,25-26,28-29,37,48,54-55H,8-15,17-19,22-24,44-45H2,1-3H3,(H,49,59)(H,56,57)/b32-16-. The zero-order valence-electron chi connectivity index (χ0n) is 34.2.